The highest BCUT2D eigenvalue weighted by atomic mass is 16.2. The van der Waals surface area contributed by atoms with Crippen LogP contribution in [-0.4, -0.2) is 22.7 Å². The molecule has 0 saturated carbocycles. The first-order chi connectivity index (χ1) is 9.10. The summed E-state index contributed by atoms with van der Waals surface area (Å²) in [5, 5.41) is 2.08. The van der Waals surface area contributed by atoms with Crippen molar-refractivity contribution in [2.45, 2.75) is 39.5 Å². The molecule has 1 aliphatic rings. The van der Waals surface area contributed by atoms with Gasteiger partial charge in [-0.05, 0) is 30.7 Å². The fraction of sp³-hybridized carbons (Fsp3) is 0.714. The molecule has 0 spiro atoms. The molecule has 0 aliphatic carbocycles. The van der Waals surface area contributed by atoms with E-state index in [2.05, 4.69) is 23.8 Å². The summed E-state index contributed by atoms with van der Waals surface area (Å²) < 4.78 is 1.60. The molecule has 0 radical (unpaired) electrons. The molecule has 2 N–H and O–H groups in total. The first-order valence-corrected chi connectivity index (χ1v) is 7.20. The molecular formula is C14H24N4O. The molecule has 2 atom stereocenters. The van der Waals surface area contributed by atoms with E-state index in [0.29, 0.717) is 5.92 Å². The molecule has 2 heterocycles. The maximum absolute atomic E-state index is 11.8. The average molecular weight is 264 g/mol. The number of hydrogen-bond acceptors (Lipinski definition) is 4. The lowest BCUT2D eigenvalue weighted by Gasteiger charge is -2.21. The number of nitrogens with zero attached hydrogens (tertiary/aromatic N) is 3. The maximum atomic E-state index is 11.8. The standard InChI is InChI=1S/C14H24N4O/c1-3-4-11(2)9-12-5-7-17(10-12)18-8-6-13(15)16-14(18)19/h6,8,11-12H,3-5,7,9-10H2,1-2H3,(H2,15,16,19). The van der Waals surface area contributed by atoms with Crippen LogP contribution in [0.5, 0.6) is 0 Å². The highest BCUT2D eigenvalue weighted by Crippen LogP contribution is 2.24. The van der Waals surface area contributed by atoms with Gasteiger partial charge in [-0.25, -0.2) is 9.47 Å². The molecule has 1 fully saturated rings. The van der Waals surface area contributed by atoms with Crippen LogP contribution in [0.1, 0.15) is 39.5 Å². The van der Waals surface area contributed by atoms with Crippen molar-refractivity contribution < 1.29 is 0 Å². The monoisotopic (exact) mass is 264 g/mol. The van der Waals surface area contributed by atoms with Crippen molar-refractivity contribution in [3.8, 4) is 0 Å². The Bertz CT molecular complexity index is 471. The van der Waals surface area contributed by atoms with E-state index in [-0.39, 0.29) is 11.5 Å². The van der Waals surface area contributed by atoms with Crippen LogP contribution < -0.4 is 16.4 Å². The summed E-state index contributed by atoms with van der Waals surface area (Å²) in [6.45, 7) is 6.43. The van der Waals surface area contributed by atoms with Crippen LogP contribution in [0.15, 0.2) is 17.1 Å². The van der Waals surface area contributed by atoms with E-state index >= 15 is 0 Å². The van der Waals surface area contributed by atoms with Crippen LogP contribution in [0, 0.1) is 11.8 Å². The first kappa shape index (κ1) is 13.9. The van der Waals surface area contributed by atoms with Gasteiger partial charge in [-0.1, -0.05) is 26.7 Å². The van der Waals surface area contributed by atoms with Crippen LogP contribution in [-0.2, 0) is 0 Å². The van der Waals surface area contributed by atoms with Gasteiger partial charge in [0.05, 0.1) is 0 Å². The van der Waals surface area contributed by atoms with Crippen LogP contribution in [0.4, 0.5) is 5.82 Å². The molecule has 106 valence electrons. The van der Waals surface area contributed by atoms with E-state index in [9.17, 15) is 4.79 Å². The van der Waals surface area contributed by atoms with Gasteiger partial charge < -0.3 is 10.7 Å². The second-order valence-electron chi connectivity index (χ2n) is 5.68. The molecule has 0 amide bonds. The van der Waals surface area contributed by atoms with Crippen LogP contribution in [0.3, 0.4) is 0 Å². The van der Waals surface area contributed by atoms with Crippen molar-refractivity contribution in [1.29, 1.82) is 0 Å². The van der Waals surface area contributed by atoms with Crippen LogP contribution in [0.2, 0.25) is 0 Å². The fourth-order valence-corrected chi connectivity index (χ4v) is 3.00. The summed E-state index contributed by atoms with van der Waals surface area (Å²) >= 11 is 0. The molecule has 0 bridgehead atoms. The predicted octanol–water partition coefficient (Wildman–Crippen LogP) is 1.61. The summed E-state index contributed by atoms with van der Waals surface area (Å²) in [4.78, 5) is 15.6. The van der Waals surface area contributed by atoms with Crippen molar-refractivity contribution in [3.63, 3.8) is 0 Å². The minimum absolute atomic E-state index is 0.276. The topological polar surface area (TPSA) is 64.2 Å². The Morgan fingerprint density at radius 1 is 1.58 bits per heavy atom. The Labute approximate surface area is 114 Å². The number of nitrogen functional groups attached to an aromatic ring is 1. The quantitative estimate of drug-likeness (QED) is 0.877. The van der Waals surface area contributed by atoms with Crippen molar-refractivity contribution in [3.05, 3.63) is 22.7 Å². The normalized spacial score (nSPS) is 20.7. The summed E-state index contributed by atoms with van der Waals surface area (Å²) in [6, 6.07) is 1.68. The third kappa shape index (κ3) is 3.49. The highest BCUT2D eigenvalue weighted by Gasteiger charge is 2.24. The van der Waals surface area contributed by atoms with Gasteiger partial charge in [0.2, 0.25) is 0 Å². The summed E-state index contributed by atoms with van der Waals surface area (Å²) in [7, 11) is 0. The van der Waals surface area contributed by atoms with Crippen molar-refractivity contribution in [1.82, 2.24) is 9.66 Å². The molecule has 1 aromatic heterocycles. The summed E-state index contributed by atoms with van der Waals surface area (Å²) in [6.07, 6.45) is 6.67. The molecule has 2 rings (SSSR count). The Hall–Kier alpha value is -1.52. The third-order valence-electron chi connectivity index (χ3n) is 3.89. The lowest BCUT2D eigenvalue weighted by molar-refractivity contribution is 0.389. The number of hydrogen-bond donors (Lipinski definition) is 1. The fourth-order valence-electron chi connectivity index (χ4n) is 3.00. The minimum Gasteiger partial charge on any atom is -0.383 e. The molecule has 1 aliphatic heterocycles. The summed E-state index contributed by atoms with van der Waals surface area (Å²) in [5.41, 5.74) is 5.23. The second-order valence-corrected chi connectivity index (χ2v) is 5.68. The van der Waals surface area contributed by atoms with Gasteiger partial charge in [0.15, 0.2) is 0 Å². The molecule has 1 aromatic rings. The van der Waals surface area contributed by atoms with Crippen molar-refractivity contribution in [2.24, 2.45) is 11.8 Å². The highest BCUT2D eigenvalue weighted by molar-refractivity contribution is 5.24. The Morgan fingerprint density at radius 3 is 3.05 bits per heavy atom. The number of aromatic nitrogens is 2. The SMILES string of the molecule is CCCC(C)CC1CCN(n2ccc(N)nc2=O)C1. The minimum atomic E-state index is -0.276. The maximum Gasteiger partial charge on any atom is 0.368 e. The number of anilines is 1. The van der Waals surface area contributed by atoms with Gasteiger partial charge in [-0.2, -0.15) is 4.98 Å². The zero-order valence-electron chi connectivity index (χ0n) is 11.9. The summed E-state index contributed by atoms with van der Waals surface area (Å²) in [5.74, 6) is 1.75. The second kappa shape index (κ2) is 6.08. The number of rotatable bonds is 5. The van der Waals surface area contributed by atoms with Crippen LogP contribution >= 0.6 is 0 Å². The van der Waals surface area contributed by atoms with E-state index in [1.807, 2.05) is 0 Å². The largest absolute Gasteiger partial charge is 0.383 e. The van der Waals surface area contributed by atoms with Gasteiger partial charge in [0, 0.05) is 19.3 Å². The smallest absolute Gasteiger partial charge is 0.368 e. The molecule has 19 heavy (non-hydrogen) atoms. The van der Waals surface area contributed by atoms with E-state index in [1.165, 1.54) is 19.3 Å². The van der Waals surface area contributed by atoms with Gasteiger partial charge >= 0.3 is 5.69 Å². The Balaban J connectivity index is 1.96. The zero-order chi connectivity index (χ0) is 13.8. The third-order valence-corrected chi connectivity index (χ3v) is 3.89. The predicted molar refractivity (Wildman–Crippen MR) is 77.7 cm³/mol. The van der Waals surface area contributed by atoms with E-state index in [0.717, 1.165) is 25.4 Å². The van der Waals surface area contributed by atoms with Crippen molar-refractivity contribution in [2.75, 3.05) is 23.8 Å². The van der Waals surface area contributed by atoms with E-state index in [1.54, 1.807) is 16.9 Å². The molecular weight excluding hydrogens is 240 g/mol. The average Bonchev–Trinajstić information content (AvgIpc) is 2.77. The number of nitrogens with two attached hydrogens (primary N) is 1. The van der Waals surface area contributed by atoms with E-state index < -0.39 is 0 Å². The molecule has 2 unspecified atom stereocenters. The van der Waals surface area contributed by atoms with Gasteiger partial charge in [-0.3, -0.25) is 0 Å². The molecule has 1 saturated heterocycles. The lowest BCUT2D eigenvalue weighted by Crippen LogP contribution is -2.41. The van der Waals surface area contributed by atoms with E-state index in [4.69, 9.17) is 5.73 Å². The van der Waals surface area contributed by atoms with Crippen molar-refractivity contribution >= 4 is 5.82 Å². The lowest BCUT2D eigenvalue weighted by atomic mass is 9.92. The molecule has 5 nitrogen and oxygen atoms in total. The van der Waals surface area contributed by atoms with Gasteiger partial charge in [0.1, 0.15) is 5.82 Å². The van der Waals surface area contributed by atoms with Gasteiger partial charge in [-0.15, -0.1) is 0 Å². The Kier molecular flexibility index (Phi) is 4.45. The van der Waals surface area contributed by atoms with Gasteiger partial charge in [0.25, 0.3) is 0 Å². The first-order valence-electron chi connectivity index (χ1n) is 7.20. The van der Waals surface area contributed by atoms with Crippen LogP contribution in [0.25, 0.3) is 0 Å². The molecule has 5 heteroatoms. The molecule has 0 aromatic carbocycles. The Morgan fingerprint density at radius 2 is 2.37 bits per heavy atom. The zero-order valence-corrected chi connectivity index (χ0v) is 11.9.